The van der Waals surface area contributed by atoms with Crippen LogP contribution in [0.4, 0.5) is 0 Å². The number of hydrazone groups is 1. The van der Waals surface area contributed by atoms with Gasteiger partial charge in [0.2, 0.25) is 0 Å². The monoisotopic (exact) mass is 382 g/mol. The number of hydrogen-bond acceptors (Lipinski definition) is 4. The lowest BCUT2D eigenvalue weighted by atomic mass is 10.0. The van der Waals surface area contributed by atoms with Crippen LogP contribution < -0.4 is 10.2 Å². The molecule has 0 fully saturated rings. The summed E-state index contributed by atoms with van der Waals surface area (Å²) in [6.07, 6.45) is 8.69. The molecule has 0 atom stereocenters. The van der Waals surface area contributed by atoms with Crippen LogP contribution in [0.2, 0.25) is 0 Å². The van der Waals surface area contributed by atoms with E-state index in [0.717, 1.165) is 16.3 Å². The second kappa shape index (κ2) is 7.87. The summed E-state index contributed by atoms with van der Waals surface area (Å²) in [5.41, 5.74) is 5.11. The molecule has 0 saturated heterocycles. The number of terminal acetylenes is 1. The van der Waals surface area contributed by atoms with Gasteiger partial charge in [-0.2, -0.15) is 5.10 Å². The van der Waals surface area contributed by atoms with Gasteiger partial charge in [-0.05, 0) is 35.9 Å². The maximum atomic E-state index is 12.7. The maximum Gasteiger partial charge on any atom is 0.290 e. The molecule has 0 radical (unpaired) electrons. The van der Waals surface area contributed by atoms with Gasteiger partial charge >= 0.3 is 0 Å². The van der Waals surface area contributed by atoms with Crippen molar-refractivity contribution < 1.29 is 9.53 Å². The normalized spacial score (nSPS) is 11.0. The van der Waals surface area contributed by atoms with E-state index in [1.165, 1.54) is 0 Å². The van der Waals surface area contributed by atoms with Crippen LogP contribution in [0, 0.1) is 19.3 Å². The molecule has 0 aliphatic rings. The molecule has 0 unspecified atom stereocenters. The minimum absolute atomic E-state index is 0.145. The first kappa shape index (κ1) is 18.3. The highest BCUT2D eigenvalue weighted by Gasteiger charge is 2.15. The van der Waals surface area contributed by atoms with Crippen molar-refractivity contribution in [1.29, 1.82) is 0 Å². The van der Waals surface area contributed by atoms with Gasteiger partial charge in [0.05, 0.1) is 11.9 Å². The van der Waals surface area contributed by atoms with Crippen LogP contribution >= 0.6 is 0 Å². The maximum absolute atomic E-state index is 12.7. The number of rotatable bonds is 5. The molecule has 0 bridgehead atoms. The Bertz CT molecular complexity index is 1280. The molecule has 2 heterocycles. The Labute approximate surface area is 167 Å². The molecule has 142 valence electrons. The van der Waals surface area contributed by atoms with Crippen molar-refractivity contribution >= 4 is 28.5 Å². The molecule has 1 amide bonds. The third-order valence-electron chi connectivity index (χ3n) is 4.52. The lowest BCUT2D eigenvalue weighted by Crippen LogP contribution is -2.20. The number of benzene rings is 2. The smallest absolute Gasteiger partial charge is 0.290 e. The summed E-state index contributed by atoms with van der Waals surface area (Å²) in [7, 11) is 0. The topological polar surface area (TPSA) is 68.0 Å². The summed E-state index contributed by atoms with van der Waals surface area (Å²) in [4.78, 5) is 17.1. The summed E-state index contributed by atoms with van der Waals surface area (Å²) in [5.74, 6) is 2.72. The Hall–Kier alpha value is -4.11. The molecule has 0 aliphatic carbocycles. The van der Waals surface area contributed by atoms with E-state index < -0.39 is 0 Å². The molecule has 6 heteroatoms. The van der Waals surface area contributed by atoms with E-state index in [1.54, 1.807) is 23.7 Å². The van der Waals surface area contributed by atoms with Crippen molar-refractivity contribution in [3.05, 3.63) is 77.7 Å². The number of amides is 1. The first-order valence-corrected chi connectivity index (χ1v) is 9.04. The van der Waals surface area contributed by atoms with Crippen molar-refractivity contribution in [3.8, 4) is 18.1 Å². The molecular weight excluding hydrogens is 364 g/mol. The molecule has 0 spiro atoms. The zero-order valence-electron chi connectivity index (χ0n) is 15.8. The third-order valence-corrected chi connectivity index (χ3v) is 4.52. The fraction of sp³-hybridized carbons (Fsp3) is 0.0870. The van der Waals surface area contributed by atoms with Gasteiger partial charge in [0.15, 0.2) is 0 Å². The minimum Gasteiger partial charge on any atom is -0.480 e. The molecule has 29 heavy (non-hydrogen) atoms. The first-order chi connectivity index (χ1) is 14.2. The molecule has 6 nitrogen and oxygen atoms in total. The molecule has 0 saturated carbocycles. The Morgan fingerprint density at radius 3 is 2.93 bits per heavy atom. The quantitative estimate of drug-likeness (QED) is 0.326. The second-order valence-corrected chi connectivity index (χ2v) is 6.37. The van der Waals surface area contributed by atoms with Gasteiger partial charge < -0.3 is 4.74 Å². The lowest BCUT2D eigenvalue weighted by molar-refractivity contribution is 0.0948. The Morgan fingerprint density at radius 1 is 1.24 bits per heavy atom. The number of hydrogen-bond donors (Lipinski definition) is 1. The number of imidazole rings is 1. The third kappa shape index (κ3) is 3.54. The van der Waals surface area contributed by atoms with Gasteiger partial charge in [0.1, 0.15) is 23.7 Å². The largest absolute Gasteiger partial charge is 0.480 e. The molecule has 2 aromatic carbocycles. The molecule has 1 N–H and O–H groups in total. The number of nitrogens with one attached hydrogen (secondary N) is 1. The Kier molecular flexibility index (Phi) is 4.95. The van der Waals surface area contributed by atoms with E-state index in [1.807, 2.05) is 54.6 Å². The van der Waals surface area contributed by atoms with Gasteiger partial charge in [0.25, 0.3) is 5.91 Å². The minimum atomic E-state index is -0.344. The number of aryl methyl sites for hydroxylation is 1. The van der Waals surface area contributed by atoms with Crippen LogP contribution in [0.15, 0.2) is 65.9 Å². The van der Waals surface area contributed by atoms with Crippen molar-refractivity contribution in [1.82, 2.24) is 14.8 Å². The number of carbonyl (C=O) groups is 1. The molecular formula is C23H18N4O2. The molecule has 4 rings (SSSR count). The van der Waals surface area contributed by atoms with Crippen molar-refractivity contribution in [2.24, 2.45) is 5.10 Å². The highest BCUT2D eigenvalue weighted by molar-refractivity contribution is 6.03. The Morgan fingerprint density at radius 2 is 2.07 bits per heavy atom. The van der Waals surface area contributed by atoms with Crippen LogP contribution in [0.1, 0.15) is 21.7 Å². The molecule has 4 aromatic rings. The number of carbonyl (C=O) groups excluding carboxylic acids is 1. The standard InChI is InChI=1S/C23H18N4O2/c1-3-14-29-20-12-11-17-8-4-5-9-18(17)19(20)15-24-26-23(28)22-16(2)25-21-10-6-7-13-27(21)22/h1,4-13,15H,14H2,2H3,(H,26,28)/b24-15-. The fourth-order valence-electron chi connectivity index (χ4n) is 3.25. The van der Waals surface area contributed by atoms with E-state index in [2.05, 4.69) is 21.4 Å². The van der Waals surface area contributed by atoms with Crippen LogP contribution in [-0.4, -0.2) is 28.1 Å². The number of nitrogens with zero attached hydrogens (tertiary/aromatic N) is 3. The van der Waals surface area contributed by atoms with E-state index in [-0.39, 0.29) is 12.5 Å². The summed E-state index contributed by atoms with van der Waals surface area (Å²) in [5, 5.41) is 6.15. The first-order valence-electron chi connectivity index (χ1n) is 9.04. The number of ether oxygens (including phenoxy) is 1. The summed E-state index contributed by atoms with van der Waals surface area (Å²) < 4.78 is 7.38. The van der Waals surface area contributed by atoms with E-state index in [0.29, 0.717) is 22.8 Å². The Balaban J connectivity index is 1.65. The van der Waals surface area contributed by atoms with E-state index in [9.17, 15) is 4.79 Å². The highest BCUT2D eigenvalue weighted by Crippen LogP contribution is 2.26. The van der Waals surface area contributed by atoms with Gasteiger partial charge in [-0.1, -0.05) is 42.3 Å². The SMILES string of the molecule is C#CCOc1ccc2ccccc2c1/C=N\NC(=O)c1c(C)nc2ccccn12. The summed E-state index contributed by atoms with van der Waals surface area (Å²) in [6.45, 7) is 1.94. The highest BCUT2D eigenvalue weighted by atomic mass is 16.5. The average molecular weight is 382 g/mol. The van der Waals surface area contributed by atoms with Gasteiger partial charge in [-0.3, -0.25) is 9.20 Å². The average Bonchev–Trinajstić information content (AvgIpc) is 3.08. The summed E-state index contributed by atoms with van der Waals surface area (Å²) >= 11 is 0. The zero-order valence-corrected chi connectivity index (χ0v) is 15.8. The fourth-order valence-corrected chi connectivity index (χ4v) is 3.25. The van der Waals surface area contributed by atoms with Crippen molar-refractivity contribution in [2.75, 3.05) is 6.61 Å². The van der Waals surface area contributed by atoms with Crippen LogP contribution in [0.5, 0.6) is 5.75 Å². The number of aromatic nitrogens is 2. The van der Waals surface area contributed by atoms with Crippen LogP contribution in [0.25, 0.3) is 16.4 Å². The van der Waals surface area contributed by atoms with Gasteiger partial charge in [-0.25, -0.2) is 10.4 Å². The zero-order chi connectivity index (χ0) is 20.2. The van der Waals surface area contributed by atoms with E-state index >= 15 is 0 Å². The van der Waals surface area contributed by atoms with E-state index in [4.69, 9.17) is 11.2 Å². The van der Waals surface area contributed by atoms with Crippen LogP contribution in [-0.2, 0) is 0 Å². The van der Waals surface area contributed by atoms with Crippen molar-refractivity contribution in [3.63, 3.8) is 0 Å². The van der Waals surface area contributed by atoms with Gasteiger partial charge in [-0.15, -0.1) is 6.42 Å². The predicted molar refractivity (Wildman–Crippen MR) is 113 cm³/mol. The second-order valence-electron chi connectivity index (χ2n) is 6.37. The summed E-state index contributed by atoms with van der Waals surface area (Å²) in [6, 6.07) is 17.2. The predicted octanol–water partition coefficient (Wildman–Crippen LogP) is 3.57. The number of fused-ring (bicyclic) bond motifs is 2. The number of pyridine rings is 1. The van der Waals surface area contributed by atoms with Crippen molar-refractivity contribution in [2.45, 2.75) is 6.92 Å². The van der Waals surface area contributed by atoms with Crippen LogP contribution in [0.3, 0.4) is 0 Å². The molecule has 2 aromatic heterocycles. The molecule has 0 aliphatic heterocycles. The van der Waals surface area contributed by atoms with Gasteiger partial charge in [0, 0.05) is 11.8 Å². The lowest BCUT2D eigenvalue weighted by Gasteiger charge is -2.10.